The molecule has 4 aromatic rings. The Bertz CT molecular complexity index is 1740. The van der Waals surface area contributed by atoms with Gasteiger partial charge in [-0.2, -0.15) is 0 Å². The Morgan fingerprint density at radius 3 is 2.18 bits per heavy atom. The molecule has 0 unspecified atom stereocenters. The van der Waals surface area contributed by atoms with Crippen molar-refractivity contribution in [3.8, 4) is 17.2 Å². The monoisotopic (exact) mass is 593 g/mol. The van der Waals surface area contributed by atoms with E-state index in [2.05, 4.69) is 5.32 Å². The van der Waals surface area contributed by atoms with Gasteiger partial charge in [-0.15, -0.1) is 0 Å². The number of nitrogens with zero attached hydrogens (tertiary/aromatic N) is 2. The molecule has 0 bridgehead atoms. The predicted octanol–water partition coefficient (Wildman–Crippen LogP) is 5.82. The van der Waals surface area contributed by atoms with Crippen molar-refractivity contribution in [2.24, 2.45) is 0 Å². The number of carbonyl (C=O) groups excluding carboxylic acids is 3. The van der Waals surface area contributed by atoms with Gasteiger partial charge in [0, 0.05) is 17.7 Å². The number of benzene rings is 4. The average Bonchev–Trinajstić information content (AvgIpc) is 3.03. The van der Waals surface area contributed by atoms with E-state index in [0.717, 1.165) is 28.2 Å². The van der Waals surface area contributed by atoms with Crippen LogP contribution in [0, 0.1) is 10.1 Å². The minimum Gasteiger partial charge on any atom is -0.490 e. The fourth-order valence-corrected chi connectivity index (χ4v) is 4.43. The molecule has 11 nitrogen and oxygen atoms in total. The van der Waals surface area contributed by atoms with E-state index in [1.807, 2.05) is 55.5 Å². The van der Waals surface area contributed by atoms with Crippen LogP contribution in [0.4, 0.5) is 16.2 Å². The number of hydrogen-bond acceptors (Lipinski definition) is 8. The second-order valence-electron chi connectivity index (χ2n) is 9.55. The van der Waals surface area contributed by atoms with Gasteiger partial charge in [0.05, 0.1) is 17.2 Å². The molecule has 4 amide bonds. The molecule has 1 heterocycles. The lowest BCUT2D eigenvalue weighted by Crippen LogP contribution is -2.54. The van der Waals surface area contributed by atoms with Crippen molar-refractivity contribution in [2.45, 2.75) is 20.1 Å². The number of ether oxygens (including phenoxy) is 3. The van der Waals surface area contributed by atoms with Crippen molar-refractivity contribution in [2.75, 3.05) is 11.5 Å². The van der Waals surface area contributed by atoms with Gasteiger partial charge in [0.2, 0.25) is 0 Å². The SMILES string of the molecule is CCOc1cc(COc2ccccc2/C=C2/C(=O)NC(=O)N(c3ccc([N+](=O)[O-])cc3)C2=O)ccc1OCc1ccccc1. The molecule has 4 aromatic carbocycles. The van der Waals surface area contributed by atoms with E-state index in [4.69, 9.17) is 14.2 Å². The topological polar surface area (TPSA) is 137 Å². The lowest BCUT2D eigenvalue weighted by atomic mass is 10.1. The molecule has 0 atom stereocenters. The Morgan fingerprint density at radius 2 is 1.45 bits per heavy atom. The van der Waals surface area contributed by atoms with Gasteiger partial charge in [0.15, 0.2) is 11.5 Å². The van der Waals surface area contributed by atoms with Crippen LogP contribution in [0.5, 0.6) is 17.2 Å². The van der Waals surface area contributed by atoms with Crippen LogP contribution >= 0.6 is 0 Å². The molecule has 1 saturated heterocycles. The van der Waals surface area contributed by atoms with Crippen molar-refractivity contribution in [3.05, 3.63) is 129 Å². The lowest BCUT2D eigenvalue weighted by molar-refractivity contribution is -0.384. The van der Waals surface area contributed by atoms with Crippen LogP contribution in [0.2, 0.25) is 0 Å². The van der Waals surface area contributed by atoms with E-state index in [-0.39, 0.29) is 23.6 Å². The summed E-state index contributed by atoms with van der Waals surface area (Å²) in [4.78, 5) is 49.7. The van der Waals surface area contributed by atoms with E-state index in [1.165, 1.54) is 18.2 Å². The number of amides is 4. The van der Waals surface area contributed by atoms with E-state index >= 15 is 0 Å². The summed E-state index contributed by atoms with van der Waals surface area (Å²) in [6.45, 7) is 2.86. The first-order valence-corrected chi connectivity index (χ1v) is 13.6. The third kappa shape index (κ3) is 6.73. The van der Waals surface area contributed by atoms with Gasteiger partial charge in [-0.25, -0.2) is 9.69 Å². The van der Waals surface area contributed by atoms with Gasteiger partial charge < -0.3 is 14.2 Å². The van der Waals surface area contributed by atoms with Crippen LogP contribution in [0.25, 0.3) is 6.08 Å². The maximum absolute atomic E-state index is 13.3. The van der Waals surface area contributed by atoms with Gasteiger partial charge in [-0.1, -0.05) is 54.6 Å². The average molecular weight is 594 g/mol. The molecular weight excluding hydrogens is 566 g/mol. The minimum absolute atomic E-state index is 0.0716. The Labute approximate surface area is 252 Å². The quantitative estimate of drug-likeness (QED) is 0.0994. The van der Waals surface area contributed by atoms with E-state index in [0.29, 0.717) is 36.0 Å². The fraction of sp³-hybridized carbons (Fsp3) is 0.121. The maximum atomic E-state index is 13.3. The third-order valence-corrected chi connectivity index (χ3v) is 6.58. The highest BCUT2D eigenvalue weighted by Crippen LogP contribution is 2.31. The summed E-state index contributed by atoms with van der Waals surface area (Å²) in [5, 5.41) is 13.1. The highest BCUT2D eigenvalue weighted by atomic mass is 16.6. The second kappa shape index (κ2) is 13.3. The Morgan fingerprint density at radius 1 is 0.773 bits per heavy atom. The van der Waals surface area contributed by atoms with Crippen molar-refractivity contribution < 1.29 is 33.5 Å². The number of nitrogens with one attached hydrogen (secondary N) is 1. The van der Waals surface area contributed by atoms with Crippen LogP contribution in [0.3, 0.4) is 0 Å². The zero-order valence-electron chi connectivity index (χ0n) is 23.6. The predicted molar refractivity (Wildman–Crippen MR) is 161 cm³/mol. The van der Waals surface area contributed by atoms with Crippen LogP contribution < -0.4 is 24.4 Å². The number of para-hydroxylation sites is 1. The molecule has 5 rings (SSSR count). The molecule has 222 valence electrons. The van der Waals surface area contributed by atoms with Crippen molar-refractivity contribution in [1.29, 1.82) is 0 Å². The summed E-state index contributed by atoms with van der Waals surface area (Å²) in [5.74, 6) is -0.198. The minimum atomic E-state index is -0.961. The first-order valence-electron chi connectivity index (χ1n) is 13.6. The van der Waals surface area contributed by atoms with E-state index < -0.39 is 22.8 Å². The first-order chi connectivity index (χ1) is 21.3. The van der Waals surface area contributed by atoms with Gasteiger partial charge >= 0.3 is 6.03 Å². The van der Waals surface area contributed by atoms with Crippen LogP contribution in [-0.4, -0.2) is 29.4 Å². The van der Waals surface area contributed by atoms with Crippen LogP contribution in [0.1, 0.15) is 23.6 Å². The lowest BCUT2D eigenvalue weighted by Gasteiger charge is -2.26. The summed E-state index contributed by atoms with van der Waals surface area (Å²) in [5.41, 5.74) is 1.80. The van der Waals surface area contributed by atoms with Crippen molar-refractivity contribution in [1.82, 2.24) is 5.32 Å². The number of hydrogen-bond donors (Lipinski definition) is 1. The second-order valence-corrected chi connectivity index (χ2v) is 9.55. The van der Waals surface area contributed by atoms with Crippen LogP contribution in [-0.2, 0) is 22.8 Å². The summed E-state index contributed by atoms with van der Waals surface area (Å²) in [6, 6.07) is 26.0. The summed E-state index contributed by atoms with van der Waals surface area (Å²) in [6.07, 6.45) is 1.34. The van der Waals surface area contributed by atoms with Gasteiger partial charge in [-0.05, 0) is 54.5 Å². The number of nitro benzene ring substituents is 1. The molecule has 0 aliphatic carbocycles. The number of rotatable bonds is 11. The Kier molecular flexibility index (Phi) is 8.95. The molecular formula is C33H27N3O8. The zero-order valence-corrected chi connectivity index (χ0v) is 23.6. The standard InChI is InChI=1S/C33H27N3O8/c1-2-42-30-18-23(12-17-29(30)44-20-22-8-4-3-5-9-22)21-43-28-11-7-6-10-24(28)19-27-31(37)34-33(39)35(32(27)38)25-13-15-26(16-14-25)36(40)41/h3-19H,2,20-21H2,1H3,(H,34,37,39)/b27-19-. The smallest absolute Gasteiger partial charge is 0.335 e. The summed E-state index contributed by atoms with van der Waals surface area (Å²) in [7, 11) is 0. The molecule has 1 N–H and O–H groups in total. The number of anilines is 1. The Hall–Kier alpha value is -5.97. The normalized spacial score (nSPS) is 13.9. The number of carbonyl (C=O) groups is 3. The van der Waals surface area contributed by atoms with E-state index in [9.17, 15) is 24.5 Å². The van der Waals surface area contributed by atoms with Gasteiger partial charge in [-0.3, -0.25) is 25.0 Å². The summed E-state index contributed by atoms with van der Waals surface area (Å²) >= 11 is 0. The molecule has 11 heteroatoms. The fourth-order valence-electron chi connectivity index (χ4n) is 4.43. The number of nitro groups is 1. The third-order valence-electron chi connectivity index (χ3n) is 6.58. The van der Waals surface area contributed by atoms with Gasteiger partial charge in [0.1, 0.15) is 24.5 Å². The highest BCUT2D eigenvalue weighted by Gasteiger charge is 2.37. The summed E-state index contributed by atoms with van der Waals surface area (Å²) < 4.78 is 17.9. The number of barbiturate groups is 1. The van der Waals surface area contributed by atoms with Crippen molar-refractivity contribution in [3.63, 3.8) is 0 Å². The van der Waals surface area contributed by atoms with E-state index in [1.54, 1.807) is 24.3 Å². The molecule has 1 fully saturated rings. The Balaban J connectivity index is 1.34. The number of non-ortho nitro benzene ring substituents is 1. The van der Waals surface area contributed by atoms with Crippen molar-refractivity contribution >= 4 is 35.3 Å². The largest absolute Gasteiger partial charge is 0.490 e. The molecule has 1 aliphatic rings. The van der Waals surface area contributed by atoms with Gasteiger partial charge in [0.25, 0.3) is 17.5 Å². The molecule has 0 radical (unpaired) electrons. The molecule has 0 saturated carbocycles. The zero-order chi connectivity index (χ0) is 31.1. The molecule has 1 aliphatic heterocycles. The van der Waals surface area contributed by atoms with Crippen LogP contribution in [0.15, 0.2) is 103 Å². The molecule has 44 heavy (non-hydrogen) atoms. The molecule has 0 aromatic heterocycles. The molecule has 0 spiro atoms. The first kappa shape index (κ1) is 29.5. The number of imide groups is 2. The highest BCUT2D eigenvalue weighted by molar-refractivity contribution is 6.39. The number of urea groups is 1. The maximum Gasteiger partial charge on any atom is 0.335 e.